The van der Waals surface area contributed by atoms with Gasteiger partial charge in [-0.05, 0) is 38.4 Å². The number of rotatable bonds is 1. The van der Waals surface area contributed by atoms with E-state index < -0.39 is 11.7 Å². The molecule has 2 heterocycles. The molecule has 0 saturated heterocycles. The molecule has 0 N–H and O–H groups in total. The van der Waals surface area contributed by atoms with E-state index >= 15 is 0 Å². The van der Waals surface area contributed by atoms with Crippen LogP contribution in [-0.4, -0.2) is 26.2 Å². The van der Waals surface area contributed by atoms with Crippen molar-refractivity contribution in [1.82, 2.24) is 14.5 Å². The van der Waals surface area contributed by atoms with Crippen LogP contribution in [0, 0.1) is 0 Å². The van der Waals surface area contributed by atoms with Crippen LogP contribution >= 0.6 is 11.6 Å². The number of hydrogen-bond acceptors (Lipinski definition) is 4. The second-order valence-electron chi connectivity index (χ2n) is 6.11. The minimum Gasteiger partial charge on any atom is -0.443 e. The Kier molecular flexibility index (Phi) is 3.82. The molecule has 0 spiro atoms. The molecule has 0 radical (unpaired) electrons. The van der Waals surface area contributed by atoms with Gasteiger partial charge in [-0.15, -0.1) is 0 Å². The first kappa shape index (κ1) is 15.5. The maximum atomic E-state index is 12.3. The van der Waals surface area contributed by atoms with E-state index in [-0.39, 0.29) is 5.28 Å². The smallest absolute Gasteiger partial charge is 0.420 e. The van der Waals surface area contributed by atoms with Crippen molar-refractivity contribution in [3.8, 4) is 11.3 Å². The van der Waals surface area contributed by atoms with E-state index in [4.69, 9.17) is 16.3 Å². The monoisotopic (exact) mass is 329 g/mol. The first-order chi connectivity index (χ1) is 10.8. The average Bonchev–Trinajstić information content (AvgIpc) is 2.89. The third-order valence-corrected chi connectivity index (χ3v) is 3.32. The number of aromatic nitrogens is 3. The molecule has 0 amide bonds. The Balaban J connectivity index is 2.15. The Bertz CT molecular complexity index is 867. The zero-order chi connectivity index (χ0) is 16.6. The average molecular weight is 330 g/mol. The predicted molar refractivity (Wildman–Crippen MR) is 89.6 cm³/mol. The Hall–Kier alpha value is -2.40. The van der Waals surface area contributed by atoms with Crippen LogP contribution in [0.15, 0.2) is 42.6 Å². The number of nitrogens with zero attached hydrogens (tertiary/aromatic N) is 3. The fraction of sp³-hybridized carbons (Fsp3) is 0.235. The summed E-state index contributed by atoms with van der Waals surface area (Å²) in [6.07, 6.45) is 1.12. The quantitative estimate of drug-likeness (QED) is 0.615. The van der Waals surface area contributed by atoms with Crippen molar-refractivity contribution in [3.05, 3.63) is 47.9 Å². The van der Waals surface area contributed by atoms with Crippen molar-refractivity contribution in [1.29, 1.82) is 0 Å². The third-order valence-electron chi connectivity index (χ3n) is 3.15. The van der Waals surface area contributed by atoms with Crippen LogP contribution < -0.4 is 0 Å². The summed E-state index contributed by atoms with van der Waals surface area (Å²) >= 11 is 6.05. The van der Waals surface area contributed by atoms with Gasteiger partial charge in [-0.3, -0.25) is 0 Å². The summed E-state index contributed by atoms with van der Waals surface area (Å²) in [5.74, 6) is 0. The van der Waals surface area contributed by atoms with E-state index in [1.165, 1.54) is 4.57 Å². The van der Waals surface area contributed by atoms with Crippen molar-refractivity contribution < 1.29 is 9.53 Å². The molecular weight excluding hydrogens is 314 g/mol. The maximum Gasteiger partial charge on any atom is 0.420 e. The van der Waals surface area contributed by atoms with Crippen LogP contribution in [0.3, 0.4) is 0 Å². The molecule has 1 aromatic carbocycles. The van der Waals surface area contributed by atoms with Crippen molar-refractivity contribution in [2.45, 2.75) is 26.4 Å². The highest BCUT2D eigenvalue weighted by Gasteiger charge is 2.21. The molecule has 0 saturated carbocycles. The van der Waals surface area contributed by atoms with Crippen LogP contribution in [0.1, 0.15) is 20.8 Å². The van der Waals surface area contributed by atoms with Gasteiger partial charge < -0.3 is 4.74 Å². The Labute approximate surface area is 138 Å². The first-order valence-corrected chi connectivity index (χ1v) is 7.56. The van der Waals surface area contributed by atoms with Gasteiger partial charge in [0, 0.05) is 17.1 Å². The molecule has 0 atom stereocenters. The van der Waals surface area contributed by atoms with Crippen LogP contribution in [0.4, 0.5) is 4.79 Å². The molecular formula is C17H16ClN3O2. The van der Waals surface area contributed by atoms with E-state index in [1.54, 1.807) is 12.3 Å². The molecule has 0 bridgehead atoms. The van der Waals surface area contributed by atoms with Gasteiger partial charge >= 0.3 is 6.09 Å². The maximum absolute atomic E-state index is 12.3. The van der Waals surface area contributed by atoms with Gasteiger partial charge in [0.25, 0.3) is 0 Å². The molecule has 118 valence electrons. The number of carbonyl (C=O) groups excluding carboxylic acids is 1. The molecule has 2 aromatic heterocycles. The summed E-state index contributed by atoms with van der Waals surface area (Å²) in [4.78, 5) is 20.8. The minimum atomic E-state index is -0.591. The van der Waals surface area contributed by atoms with Gasteiger partial charge in [0.05, 0.1) is 5.69 Å². The number of benzene rings is 1. The summed E-state index contributed by atoms with van der Waals surface area (Å²) in [5.41, 5.74) is 1.43. The number of halogens is 1. The molecule has 6 heteroatoms. The minimum absolute atomic E-state index is 0.0832. The molecule has 23 heavy (non-hydrogen) atoms. The summed E-state index contributed by atoms with van der Waals surface area (Å²) in [6, 6.07) is 11.4. The van der Waals surface area contributed by atoms with E-state index in [9.17, 15) is 4.79 Å². The van der Waals surface area contributed by atoms with E-state index in [2.05, 4.69) is 9.97 Å². The number of fused-ring (bicyclic) bond motifs is 1. The van der Waals surface area contributed by atoms with Crippen LogP contribution in [0.2, 0.25) is 5.28 Å². The van der Waals surface area contributed by atoms with Crippen LogP contribution in [0.25, 0.3) is 22.3 Å². The lowest BCUT2D eigenvalue weighted by molar-refractivity contribution is 0.0543. The summed E-state index contributed by atoms with van der Waals surface area (Å²) in [7, 11) is 0. The molecule has 0 aliphatic rings. The Morgan fingerprint density at radius 1 is 1.13 bits per heavy atom. The van der Waals surface area contributed by atoms with E-state index in [1.807, 2.05) is 51.1 Å². The molecule has 0 aliphatic heterocycles. The predicted octanol–water partition coefficient (Wildman–Crippen LogP) is 4.53. The normalized spacial score (nSPS) is 11.7. The molecule has 0 fully saturated rings. The molecule has 0 aliphatic carbocycles. The van der Waals surface area contributed by atoms with Crippen molar-refractivity contribution in [3.63, 3.8) is 0 Å². The lowest BCUT2D eigenvalue weighted by atomic mass is 10.1. The molecule has 3 aromatic rings. The number of carbonyl (C=O) groups is 1. The zero-order valence-electron chi connectivity index (χ0n) is 13.1. The van der Waals surface area contributed by atoms with E-state index in [0.717, 1.165) is 10.9 Å². The summed E-state index contributed by atoms with van der Waals surface area (Å²) < 4.78 is 6.74. The van der Waals surface area contributed by atoms with Gasteiger partial charge in [0.15, 0.2) is 5.65 Å². The number of ether oxygens (including phenoxy) is 1. The SMILES string of the molecule is CC(C)(C)OC(=O)n1ccc2c(-c3ccccc3)nc(Cl)nc21. The van der Waals surface area contributed by atoms with Crippen LogP contribution in [0.5, 0.6) is 0 Å². The summed E-state index contributed by atoms with van der Waals surface area (Å²) in [6.45, 7) is 5.44. The zero-order valence-corrected chi connectivity index (χ0v) is 13.8. The second-order valence-corrected chi connectivity index (χ2v) is 6.45. The van der Waals surface area contributed by atoms with Gasteiger partial charge in [-0.1, -0.05) is 30.3 Å². The topological polar surface area (TPSA) is 57.0 Å². The molecule has 0 unspecified atom stereocenters. The number of hydrogen-bond donors (Lipinski definition) is 0. The highest BCUT2D eigenvalue weighted by atomic mass is 35.5. The van der Waals surface area contributed by atoms with Gasteiger partial charge in [-0.2, -0.15) is 4.98 Å². The fourth-order valence-electron chi connectivity index (χ4n) is 2.26. The van der Waals surface area contributed by atoms with Crippen molar-refractivity contribution in [2.24, 2.45) is 0 Å². The van der Waals surface area contributed by atoms with Gasteiger partial charge in [0.2, 0.25) is 5.28 Å². The highest BCUT2D eigenvalue weighted by Crippen LogP contribution is 2.28. The third kappa shape index (κ3) is 3.19. The van der Waals surface area contributed by atoms with Gasteiger partial charge in [0.1, 0.15) is 5.60 Å². The van der Waals surface area contributed by atoms with Crippen molar-refractivity contribution >= 4 is 28.7 Å². The lowest BCUT2D eigenvalue weighted by Crippen LogP contribution is -2.26. The fourth-order valence-corrected chi connectivity index (χ4v) is 2.43. The lowest BCUT2D eigenvalue weighted by Gasteiger charge is -2.19. The second kappa shape index (κ2) is 5.66. The molecule has 5 nitrogen and oxygen atoms in total. The van der Waals surface area contributed by atoms with Gasteiger partial charge in [-0.25, -0.2) is 14.3 Å². The van der Waals surface area contributed by atoms with Crippen molar-refractivity contribution in [2.75, 3.05) is 0 Å². The Morgan fingerprint density at radius 2 is 1.83 bits per heavy atom. The largest absolute Gasteiger partial charge is 0.443 e. The summed E-state index contributed by atoms with van der Waals surface area (Å²) in [5, 5.41) is 0.825. The highest BCUT2D eigenvalue weighted by molar-refractivity contribution is 6.28. The molecule has 3 rings (SSSR count). The standard InChI is InChI=1S/C17H16ClN3O2/c1-17(2,3)23-16(22)21-10-9-12-13(11-7-5-4-6-8-11)19-15(18)20-14(12)21/h4-10H,1-3H3. The Morgan fingerprint density at radius 3 is 2.48 bits per heavy atom. The first-order valence-electron chi connectivity index (χ1n) is 7.18. The van der Waals surface area contributed by atoms with Crippen LogP contribution in [-0.2, 0) is 4.74 Å². The van der Waals surface area contributed by atoms with E-state index in [0.29, 0.717) is 11.3 Å².